The topological polar surface area (TPSA) is 72.2 Å². The highest BCUT2D eigenvalue weighted by molar-refractivity contribution is 9.10. The van der Waals surface area contributed by atoms with Crippen LogP contribution >= 0.6 is 15.9 Å². The number of hydrogen-bond donors (Lipinski definition) is 2. The van der Waals surface area contributed by atoms with Gasteiger partial charge in [0, 0.05) is 11.9 Å². The molecule has 112 valence electrons. The van der Waals surface area contributed by atoms with Crippen molar-refractivity contribution in [3.63, 3.8) is 0 Å². The van der Waals surface area contributed by atoms with Crippen LogP contribution < -0.4 is 11.1 Å². The van der Waals surface area contributed by atoms with Gasteiger partial charge in [-0.2, -0.15) is 0 Å². The molecular weight excluding hydrogens is 359 g/mol. The maximum Gasteiger partial charge on any atom is 0.177 e. The SMILES string of the molecule is Cc1cc(Br)c(F)cc1Nc1cccc(S(C)(=O)=O)c1N. The number of rotatable bonds is 3. The van der Waals surface area contributed by atoms with Crippen molar-refractivity contribution in [2.75, 3.05) is 17.3 Å². The average molecular weight is 373 g/mol. The number of nitrogens with two attached hydrogens (primary N) is 1. The van der Waals surface area contributed by atoms with E-state index in [0.29, 0.717) is 15.8 Å². The van der Waals surface area contributed by atoms with Crippen molar-refractivity contribution in [3.8, 4) is 0 Å². The van der Waals surface area contributed by atoms with Gasteiger partial charge >= 0.3 is 0 Å². The molecular formula is C14H14BrFN2O2S. The van der Waals surface area contributed by atoms with E-state index in [2.05, 4.69) is 21.2 Å². The number of nitrogen functional groups attached to an aromatic ring is 1. The number of sulfone groups is 1. The molecule has 0 aliphatic rings. The molecule has 2 aromatic rings. The maximum atomic E-state index is 13.6. The quantitative estimate of drug-likeness (QED) is 0.806. The van der Waals surface area contributed by atoms with Gasteiger partial charge in [0.25, 0.3) is 0 Å². The summed E-state index contributed by atoms with van der Waals surface area (Å²) < 4.78 is 37.3. The number of hydrogen-bond acceptors (Lipinski definition) is 4. The summed E-state index contributed by atoms with van der Waals surface area (Å²) in [4.78, 5) is 0.0442. The molecule has 2 aromatic carbocycles. The summed E-state index contributed by atoms with van der Waals surface area (Å²) in [6.45, 7) is 1.81. The van der Waals surface area contributed by atoms with Gasteiger partial charge in [0.05, 0.1) is 20.7 Å². The van der Waals surface area contributed by atoms with Gasteiger partial charge in [-0.15, -0.1) is 0 Å². The number of nitrogens with one attached hydrogen (secondary N) is 1. The van der Waals surface area contributed by atoms with Crippen molar-refractivity contribution >= 4 is 42.8 Å². The fourth-order valence-corrected chi connectivity index (χ4v) is 3.20. The molecule has 0 unspecified atom stereocenters. The Hall–Kier alpha value is -1.60. The predicted octanol–water partition coefficient (Wildman–Crippen LogP) is 3.63. The van der Waals surface area contributed by atoms with Crippen LogP contribution in [-0.2, 0) is 9.84 Å². The summed E-state index contributed by atoms with van der Waals surface area (Å²) in [5.74, 6) is -0.416. The number of anilines is 3. The van der Waals surface area contributed by atoms with E-state index in [0.717, 1.165) is 11.8 Å². The summed E-state index contributed by atoms with van der Waals surface area (Å²) in [7, 11) is -3.42. The lowest BCUT2D eigenvalue weighted by Crippen LogP contribution is -2.05. The Balaban J connectivity index is 2.49. The second kappa shape index (κ2) is 5.65. The van der Waals surface area contributed by atoms with E-state index in [9.17, 15) is 12.8 Å². The van der Waals surface area contributed by atoms with Crippen molar-refractivity contribution in [2.24, 2.45) is 0 Å². The van der Waals surface area contributed by atoms with E-state index in [-0.39, 0.29) is 10.6 Å². The van der Waals surface area contributed by atoms with Gasteiger partial charge in [0.1, 0.15) is 5.82 Å². The van der Waals surface area contributed by atoms with Gasteiger partial charge in [-0.3, -0.25) is 0 Å². The highest BCUT2D eigenvalue weighted by Crippen LogP contribution is 2.32. The fourth-order valence-electron chi connectivity index (χ4n) is 1.90. The first-order valence-electron chi connectivity index (χ1n) is 6.01. The standard InChI is InChI=1S/C14H14BrFN2O2S/c1-8-6-9(15)10(16)7-12(8)18-11-4-3-5-13(14(11)17)21(2,19)20/h3-7,18H,17H2,1-2H3. The molecule has 0 bridgehead atoms. The molecule has 0 aromatic heterocycles. The van der Waals surface area contributed by atoms with Crippen molar-refractivity contribution in [1.29, 1.82) is 0 Å². The smallest absolute Gasteiger partial charge is 0.177 e. The molecule has 7 heteroatoms. The Labute approximate surface area is 131 Å². The second-order valence-electron chi connectivity index (χ2n) is 4.70. The Bertz CT molecular complexity index is 807. The monoisotopic (exact) mass is 372 g/mol. The van der Waals surface area contributed by atoms with Crippen LogP contribution in [0.3, 0.4) is 0 Å². The van der Waals surface area contributed by atoms with Crippen LogP contribution in [0.15, 0.2) is 39.7 Å². The predicted molar refractivity (Wildman–Crippen MR) is 86.1 cm³/mol. The van der Waals surface area contributed by atoms with Crippen LogP contribution in [0.1, 0.15) is 5.56 Å². The van der Waals surface area contributed by atoms with Crippen molar-refractivity contribution in [1.82, 2.24) is 0 Å². The zero-order valence-electron chi connectivity index (χ0n) is 11.4. The van der Waals surface area contributed by atoms with E-state index in [1.807, 2.05) is 6.92 Å². The zero-order valence-corrected chi connectivity index (χ0v) is 13.8. The average Bonchev–Trinajstić information content (AvgIpc) is 2.36. The minimum atomic E-state index is -3.42. The maximum absolute atomic E-state index is 13.6. The molecule has 0 fully saturated rings. The molecule has 0 saturated heterocycles. The third-order valence-corrected chi connectivity index (χ3v) is 4.76. The molecule has 0 amide bonds. The molecule has 0 radical (unpaired) electrons. The van der Waals surface area contributed by atoms with Crippen molar-refractivity contribution < 1.29 is 12.8 Å². The van der Waals surface area contributed by atoms with Crippen LogP contribution in [0.5, 0.6) is 0 Å². The van der Waals surface area contributed by atoms with E-state index in [1.165, 1.54) is 12.1 Å². The number of halogens is 2. The molecule has 21 heavy (non-hydrogen) atoms. The molecule has 0 atom stereocenters. The number of aryl methyl sites for hydroxylation is 1. The van der Waals surface area contributed by atoms with Crippen LogP contribution in [0, 0.1) is 12.7 Å². The second-order valence-corrected chi connectivity index (χ2v) is 7.53. The van der Waals surface area contributed by atoms with E-state index in [4.69, 9.17) is 5.73 Å². The van der Waals surface area contributed by atoms with Gasteiger partial charge in [-0.1, -0.05) is 6.07 Å². The first-order chi connectivity index (χ1) is 9.70. The molecule has 0 spiro atoms. The summed E-state index contributed by atoms with van der Waals surface area (Å²) in [5.41, 5.74) is 7.74. The highest BCUT2D eigenvalue weighted by atomic mass is 79.9. The van der Waals surface area contributed by atoms with E-state index in [1.54, 1.807) is 18.2 Å². The molecule has 0 heterocycles. The van der Waals surface area contributed by atoms with E-state index < -0.39 is 15.7 Å². The summed E-state index contributed by atoms with van der Waals surface area (Å²) in [6.07, 6.45) is 1.09. The fraction of sp³-hybridized carbons (Fsp3) is 0.143. The largest absolute Gasteiger partial charge is 0.396 e. The number of para-hydroxylation sites is 1. The molecule has 4 nitrogen and oxygen atoms in total. The van der Waals surface area contributed by atoms with Crippen LogP contribution in [-0.4, -0.2) is 14.7 Å². The third-order valence-electron chi connectivity index (χ3n) is 3.00. The summed E-state index contributed by atoms with van der Waals surface area (Å²) in [6, 6.07) is 7.62. The molecule has 0 aliphatic heterocycles. The van der Waals surface area contributed by atoms with Crippen LogP contribution in [0.2, 0.25) is 0 Å². The van der Waals surface area contributed by atoms with Crippen molar-refractivity contribution in [3.05, 3.63) is 46.2 Å². The Morgan fingerprint density at radius 2 is 1.90 bits per heavy atom. The number of benzene rings is 2. The summed E-state index contributed by atoms with van der Waals surface area (Å²) in [5, 5.41) is 2.97. The molecule has 3 N–H and O–H groups in total. The normalized spacial score (nSPS) is 11.4. The third kappa shape index (κ3) is 3.36. The summed E-state index contributed by atoms with van der Waals surface area (Å²) >= 11 is 3.11. The van der Waals surface area contributed by atoms with Gasteiger partial charge in [-0.25, -0.2) is 12.8 Å². The van der Waals surface area contributed by atoms with Crippen LogP contribution in [0.4, 0.5) is 21.5 Å². The van der Waals surface area contributed by atoms with Gasteiger partial charge < -0.3 is 11.1 Å². The first kappa shape index (κ1) is 15.8. The van der Waals surface area contributed by atoms with E-state index >= 15 is 0 Å². The first-order valence-corrected chi connectivity index (χ1v) is 8.70. The van der Waals surface area contributed by atoms with Gasteiger partial charge in [-0.05, 0) is 52.7 Å². The lowest BCUT2D eigenvalue weighted by Gasteiger charge is -2.14. The lowest BCUT2D eigenvalue weighted by atomic mass is 10.2. The molecule has 0 aliphatic carbocycles. The van der Waals surface area contributed by atoms with Gasteiger partial charge in [0.2, 0.25) is 0 Å². The Morgan fingerprint density at radius 3 is 2.52 bits per heavy atom. The highest BCUT2D eigenvalue weighted by Gasteiger charge is 2.15. The minimum Gasteiger partial charge on any atom is -0.396 e. The lowest BCUT2D eigenvalue weighted by molar-refractivity contribution is 0.602. The zero-order chi connectivity index (χ0) is 15.8. The minimum absolute atomic E-state index is 0.0442. The van der Waals surface area contributed by atoms with Crippen LogP contribution in [0.25, 0.3) is 0 Å². The Morgan fingerprint density at radius 1 is 1.24 bits per heavy atom. The molecule has 0 saturated carbocycles. The molecule has 2 rings (SSSR count). The Kier molecular flexibility index (Phi) is 4.25. The van der Waals surface area contributed by atoms with Crippen molar-refractivity contribution in [2.45, 2.75) is 11.8 Å². The van der Waals surface area contributed by atoms with Gasteiger partial charge in [0.15, 0.2) is 9.84 Å².